The van der Waals surface area contributed by atoms with Crippen molar-refractivity contribution < 1.29 is 9.59 Å². The van der Waals surface area contributed by atoms with E-state index < -0.39 is 11.1 Å². The molecule has 0 unspecified atom stereocenters. The van der Waals surface area contributed by atoms with Gasteiger partial charge >= 0.3 is 0 Å². The van der Waals surface area contributed by atoms with Gasteiger partial charge in [-0.05, 0) is 25.7 Å². The molecule has 0 aromatic rings. The Morgan fingerprint density at radius 2 is 1.80 bits per heavy atom. The summed E-state index contributed by atoms with van der Waals surface area (Å²) < 4.78 is 0. The number of hydrogen-bond acceptors (Lipinski definition) is 2. The van der Waals surface area contributed by atoms with Crippen molar-refractivity contribution in [2.75, 3.05) is 6.54 Å². The van der Waals surface area contributed by atoms with Gasteiger partial charge < -0.3 is 10.2 Å². The SMILES string of the molecule is C=CCN1C(=O)C(CC)(CC)NC(=O)C12CCCCC2. The van der Waals surface area contributed by atoms with Crippen molar-refractivity contribution >= 4 is 11.8 Å². The summed E-state index contributed by atoms with van der Waals surface area (Å²) in [7, 11) is 0. The zero-order valence-electron chi connectivity index (χ0n) is 12.7. The van der Waals surface area contributed by atoms with E-state index >= 15 is 0 Å². The molecular formula is C16H26N2O2. The Balaban J connectivity index is 2.42. The fourth-order valence-corrected chi connectivity index (χ4v) is 3.71. The number of nitrogens with zero attached hydrogens (tertiary/aromatic N) is 1. The largest absolute Gasteiger partial charge is 0.340 e. The van der Waals surface area contributed by atoms with Crippen molar-refractivity contribution in [1.29, 1.82) is 0 Å². The summed E-state index contributed by atoms with van der Waals surface area (Å²) in [5.41, 5.74) is -1.35. The third-order valence-corrected chi connectivity index (χ3v) is 5.15. The summed E-state index contributed by atoms with van der Waals surface area (Å²) >= 11 is 0. The molecule has 0 aromatic carbocycles. The lowest BCUT2D eigenvalue weighted by atomic mass is 9.74. The second kappa shape index (κ2) is 5.58. The van der Waals surface area contributed by atoms with Crippen molar-refractivity contribution in [2.45, 2.75) is 69.9 Å². The van der Waals surface area contributed by atoms with Crippen molar-refractivity contribution in [1.82, 2.24) is 10.2 Å². The van der Waals surface area contributed by atoms with E-state index in [0.29, 0.717) is 19.4 Å². The minimum atomic E-state index is -0.719. The summed E-state index contributed by atoms with van der Waals surface area (Å²) in [4.78, 5) is 27.6. The minimum absolute atomic E-state index is 0.0438. The minimum Gasteiger partial charge on any atom is -0.340 e. The highest BCUT2D eigenvalue weighted by molar-refractivity contribution is 6.02. The number of nitrogens with one attached hydrogen (secondary N) is 1. The Morgan fingerprint density at radius 3 is 2.30 bits per heavy atom. The van der Waals surface area contributed by atoms with E-state index in [-0.39, 0.29) is 11.8 Å². The van der Waals surface area contributed by atoms with Crippen LogP contribution in [0, 0.1) is 0 Å². The van der Waals surface area contributed by atoms with Gasteiger partial charge in [-0.15, -0.1) is 6.58 Å². The lowest BCUT2D eigenvalue weighted by Crippen LogP contribution is -2.75. The van der Waals surface area contributed by atoms with E-state index in [1.807, 2.05) is 18.7 Å². The number of rotatable bonds is 4. The van der Waals surface area contributed by atoms with E-state index in [1.165, 1.54) is 0 Å². The van der Waals surface area contributed by atoms with Crippen LogP contribution >= 0.6 is 0 Å². The predicted molar refractivity (Wildman–Crippen MR) is 79.2 cm³/mol. The van der Waals surface area contributed by atoms with Crippen LogP contribution in [-0.2, 0) is 9.59 Å². The van der Waals surface area contributed by atoms with Gasteiger partial charge in [-0.2, -0.15) is 0 Å². The lowest BCUT2D eigenvalue weighted by molar-refractivity contribution is -0.165. The molecule has 4 nitrogen and oxygen atoms in total. The van der Waals surface area contributed by atoms with E-state index in [4.69, 9.17) is 0 Å². The first kappa shape index (κ1) is 15.1. The zero-order chi connectivity index (χ0) is 14.8. The van der Waals surface area contributed by atoms with Crippen LogP contribution in [0.3, 0.4) is 0 Å². The Kier molecular flexibility index (Phi) is 4.21. The van der Waals surface area contributed by atoms with E-state index in [0.717, 1.165) is 32.1 Å². The van der Waals surface area contributed by atoms with Gasteiger partial charge in [-0.3, -0.25) is 9.59 Å². The number of carbonyl (C=O) groups excluding carboxylic acids is 2. The fourth-order valence-electron chi connectivity index (χ4n) is 3.71. The molecule has 0 bridgehead atoms. The van der Waals surface area contributed by atoms with Gasteiger partial charge in [0.25, 0.3) is 0 Å². The second-order valence-electron chi connectivity index (χ2n) is 6.04. The molecule has 1 spiro atoms. The van der Waals surface area contributed by atoms with Gasteiger partial charge in [0.05, 0.1) is 0 Å². The Bertz CT molecular complexity index is 407. The molecule has 1 N–H and O–H groups in total. The van der Waals surface area contributed by atoms with Crippen molar-refractivity contribution in [3.63, 3.8) is 0 Å². The van der Waals surface area contributed by atoms with Crippen LogP contribution in [0.4, 0.5) is 0 Å². The first-order valence-corrected chi connectivity index (χ1v) is 7.82. The maximum Gasteiger partial charge on any atom is 0.249 e. The zero-order valence-corrected chi connectivity index (χ0v) is 12.7. The topological polar surface area (TPSA) is 49.4 Å². The average molecular weight is 278 g/mol. The van der Waals surface area contributed by atoms with Gasteiger partial charge in [0.15, 0.2) is 0 Å². The summed E-state index contributed by atoms with van der Waals surface area (Å²) in [6, 6.07) is 0. The highest BCUT2D eigenvalue weighted by Gasteiger charge is 2.56. The van der Waals surface area contributed by atoms with E-state index in [1.54, 1.807) is 6.08 Å². The summed E-state index contributed by atoms with van der Waals surface area (Å²) in [6.45, 7) is 8.16. The Labute approximate surface area is 121 Å². The molecule has 0 radical (unpaired) electrons. The third kappa shape index (κ3) is 2.05. The summed E-state index contributed by atoms with van der Waals surface area (Å²) in [5.74, 6) is 0.117. The van der Waals surface area contributed by atoms with Crippen LogP contribution in [0.5, 0.6) is 0 Å². The van der Waals surface area contributed by atoms with Crippen LogP contribution in [0.15, 0.2) is 12.7 Å². The number of piperazine rings is 1. The smallest absolute Gasteiger partial charge is 0.249 e. The quantitative estimate of drug-likeness (QED) is 0.803. The fraction of sp³-hybridized carbons (Fsp3) is 0.750. The van der Waals surface area contributed by atoms with E-state index in [9.17, 15) is 9.59 Å². The number of carbonyl (C=O) groups is 2. The molecule has 2 amide bonds. The molecule has 20 heavy (non-hydrogen) atoms. The average Bonchev–Trinajstić information content (AvgIpc) is 2.49. The van der Waals surface area contributed by atoms with Crippen LogP contribution in [0.2, 0.25) is 0 Å². The lowest BCUT2D eigenvalue weighted by Gasteiger charge is -2.53. The molecule has 0 atom stereocenters. The first-order valence-electron chi connectivity index (χ1n) is 7.82. The van der Waals surface area contributed by atoms with Gasteiger partial charge in [0, 0.05) is 6.54 Å². The highest BCUT2D eigenvalue weighted by Crippen LogP contribution is 2.39. The summed E-state index contributed by atoms with van der Waals surface area (Å²) in [6.07, 6.45) is 7.75. The monoisotopic (exact) mass is 278 g/mol. The molecule has 1 aliphatic carbocycles. The molecule has 2 rings (SSSR count). The molecule has 1 saturated carbocycles. The Hall–Kier alpha value is -1.32. The van der Waals surface area contributed by atoms with E-state index in [2.05, 4.69) is 11.9 Å². The maximum atomic E-state index is 13.0. The molecule has 2 aliphatic rings. The van der Waals surface area contributed by atoms with Crippen LogP contribution in [-0.4, -0.2) is 34.3 Å². The van der Waals surface area contributed by atoms with Crippen LogP contribution in [0.25, 0.3) is 0 Å². The molecule has 1 saturated heterocycles. The van der Waals surface area contributed by atoms with Crippen molar-refractivity contribution in [3.05, 3.63) is 12.7 Å². The van der Waals surface area contributed by atoms with Gasteiger partial charge in [-0.1, -0.05) is 39.2 Å². The molecule has 112 valence electrons. The number of amides is 2. The molecule has 4 heteroatoms. The molecule has 2 fully saturated rings. The van der Waals surface area contributed by atoms with Gasteiger partial charge in [-0.25, -0.2) is 0 Å². The summed E-state index contributed by atoms with van der Waals surface area (Å²) in [5, 5.41) is 3.06. The standard InChI is InChI=1S/C16H26N2O2/c1-4-12-18-14(20)15(5-2,6-3)17-13(19)16(18)10-8-7-9-11-16/h4H,1,5-12H2,2-3H3,(H,17,19). The molecule has 1 aliphatic heterocycles. The normalized spacial score (nSPS) is 24.6. The Morgan fingerprint density at radius 1 is 1.20 bits per heavy atom. The van der Waals surface area contributed by atoms with Crippen molar-refractivity contribution in [3.8, 4) is 0 Å². The van der Waals surface area contributed by atoms with Gasteiger partial charge in [0.1, 0.15) is 11.1 Å². The third-order valence-electron chi connectivity index (χ3n) is 5.15. The molecule has 1 heterocycles. The van der Waals surface area contributed by atoms with Crippen molar-refractivity contribution in [2.24, 2.45) is 0 Å². The van der Waals surface area contributed by atoms with Crippen LogP contribution < -0.4 is 5.32 Å². The highest BCUT2D eigenvalue weighted by atomic mass is 16.2. The first-order chi connectivity index (χ1) is 9.56. The van der Waals surface area contributed by atoms with Crippen LogP contribution in [0.1, 0.15) is 58.8 Å². The predicted octanol–water partition coefficient (Wildman–Crippen LogP) is 2.39. The molecule has 0 aromatic heterocycles. The number of hydrogen-bond donors (Lipinski definition) is 1. The second-order valence-corrected chi connectivity index (χ2v) is 6.04. The molecular weight excluding hydrogens is 252 g/mol. The van der Waals surface area contributed by atoms with Gasteiger partial charge in [0.2, 0.25) is 11.8 Å². The maximum absolute atomic E-state index is 13.0.